The van der Waals surface area contributed by atoms with Crippen LogP contribution in [0, 0.1) is 17.0 Å². The summed E-state index contributed by atoms with van der Waals surface area (Å²) in [5.74, 6) is 0. The van der Waals surface area contributed by atoms with Gasteiger partial charge in [-0.2, -0.15) is 0 Å². The van der Waals surface area contributed by atoms with Crippen molar-refractivity contribution in [2.24, 2.45) is 0 Å². The van der Waals surface area contributed by atoms with Gasteiger partial charge >= 0.3 is 11.3 Å². The van der Waals surface area contributed by atoms with Gasteiger partial charge in [0.25, 0.3) is 0 Å². The number of nitro groups is 1. The number of benzene rings is 2. The van der Waals surface area contributed by atoms with Crippen LogP contribution in [0.4, 0.5) is 5.69 Å². The van der Waals surface area contributed by atoms with Crippen molar-refractivity contribution in [3.63, 3.8) is 0 Å². The lowest BCUT2D eigenvalue weighted by molar-refractivity contribution is -0.390. The summed E-state index contributed by atoms with van der Waals surface area (Å²) in [5, 5.41) is 11.8. The Kier molecular flexibility index (Phi) is 3.68. The maximum absolute atomic E-state index is 11.9. The zero-order chi connectivity index (χ0) is 15.7. The van der Waals surface area contributed by atoms with E-state index >= 15 is 0 Å². The van der Waals surface area contributed by atoms with Crippen molar-refractivity contribution >= 4 is 28.4 Å². The SMILES string of the molecule is Cc1ccc(Sc2c([N+](=O)[O-])c(=O)oc3ccccc23)cc1. The van der Waals surface area contributed by atoms with Crippen molar-refractivity contribution in [1.82, 2.24) is 0 Å². The molecule has 0 amide bonds. The Labute approximate surface area is 129 Å². The Balaban J connectivity index is 2.25. The van der Waals surface area contributed by atoms with Crippen LogP contribution in [0.15, 0.2) is 67.5 Å². The van der Waals surface area contributed by atoms with Gasteiger partial charge < -0.3 is 4.42 Å². The van der Waals surface area contributed by atoms with Crippen LogP contribution in [0.1, 0.15) is 5.56 Å². The Morgan fingerprint density at radius 1 is 1.09 bits per heavy atom. The predicted molar refractivity (Wildman–Crippen MR) is 84.4 cm³/mol. The Morgan fingerprint density at radius 2 is 1.77 bits per heavy atom. The van der Waals surface area contributed by atoms with E-state index in [9.17, 15) is 14.9 Å². The van der Waals surface area contributed by atoms with Crippen molar-refractivity contribution < 1.29 is 9.34 Å². The second-order valence-corrected chi connectivity index (χ2v) is 5.82. The van der Waals surface area contributed by atoms with Crippen molar-refractivity contribution in [2.45, 2.75) is 16.7 Å². The van der Waals surface area contributed by atoms with Crippen molar-refractivity contribution in [3.8, 4) is 0 Å². The average molecular weight is 313 g/mol. The lowest BCUT2D eigenvalue weighted by atomic mass is 10.2. The van der Waals surface area contributed by atoms with Crippen LogP contribution in [0.25, 0.3) is 11.0 Å². The van der Waals surface area contributed by atoms with Gasteiger partial charge in [-0.3, -0.25) is 10.1 Å². The molecule has 0 fully saturated rings. The maximum Gasteiger partial charge on any atom is 0.416 e. The molecule has 6 heteroatoms. The number of rotatable bonds is 3. The molecule has 0 saturated heterocycles. The summed E-state index contributed by atoms with van der Waals surface area (Å²) in [6.07, 6.45) is 0. The van der Waals surface area contributed by atoms with Crippen LogP contribution in [0.2, 0.25) is 0 Å². The smallest absolute Gasteiger partial charge is 0.416 e. The molecule has 0 spiro atoms. The Bertz CT molecular complexity index is 916. The summed E-state index contributed by atoms with van der Waals surface area (Å²) < 4.78 is 5.04. The molecule has 110 valence electrons. The van der Waals surface area contributed by atoms with Gasteiger partial charge in [-0.05, 0) is 31.2 Å². The number of hydrogen-bond acceptors (Lipinski definition) is 5. The quantitative estimate of drug-likeness (QED) is 0.412. The first-order valence-electron chi connectivity index (χ1n) is 6.51. The number of nitrogens with zero attached hydrogens (tertiary/aromatic N) is 1. The van der Waals surface area contributed by atoms with E-state index < -0.39 is 16.2 Å². The molecule has 0 aliphatic rings. The monoisotopic (exact) mass is 313 g/mol. The van der Waals surface area contributed by atoms with E-state index in [0.29, 0.717) is 15.9 Å². The molecule has 0 radical (unpaired) electrons. The van der Waals surface area contributed by atoms with Crippen molar-refractivity contribution in [2.75, 3.05) is 0 Å². The van der Waals surface area contributed by atoms with Gasteiger partial charge in [0, 0.05) is 10.3 Å². The summed E-state index contributed by atoms with van der Waals surface area (Å²) in [5.41, 5.74) is -0.0217. The topological polar surface area (TPSA) is 73.3 Å². The zero-order valence-electron chi connectivity index (χ0n) is 11.6. The van der Waals surface area contributed by atoms with Crippen LogP contribution >= 0.6 is 11.8 Å². The second kappa shape index (κ2) is 5.65. The van der Waals surface area contributed by atoms with E-state index in [-0.39, 0.29) is 0 Å². The molecule has 0 aliphatic carbocycles. The van der Waals surface area contributed by atoms with E-state index in [2.05, 4.69) is 0 Å². The molecule has 5 nitrogen and oxygen atoms in total. The predicted octanol–water partition coefficient (Wildman–Crippen LogP) is 4.16. The molecule has 0 bridgehead atoms. The average Bonchev–Trinajstić information content (AvgIpc) is 2.49. The third-order valence-corrected chi connectivity index (χ3v) is 4.29. The highest BCUT2D eigenvalue weighted by Crippen LogP contribution is 2.38. The molecule has 0 unspecified atom stereocenters. The molecule has 22 heavy (non-hydrogen) atoms. The third kappa shape index (κ3) is 2.60. The van der Waals surface area contributed by atoms with Crippen LogP contribution in [-0.2, 0) is 0 Å². The van der Waals surface area contributed by atoms with Gasteiger partial charge in [0.05, 0.1) is 4.92 Å². The normalized spacial score (nSPS) is 10.8. The largest absolute Gasteiger partial charge is 0.418 e. The van der Waals surface area contributed by atoms with Gasteiger partial charge in [0.1, 0.15) is 10.5 Å². The molecule has 2 aromatic carbocycles. The molecule has 0 saturated carbocycles. The number of aryl methyl sites for hydroxylation is 1. The minimum atomic E-state index is -0.932. The minimum absolute atomic E-state index is 0.306. The molecule has 0 aliphatic heterocycles. The first kappa shape index (κ1) is 14.3. The highest BCUT2D eigenvalue weighted by Gasteiger charge is 2.25. The summed E-state index contributed by atoms with van der Waals surface area (Å²) in [7, 11) is 0. The fraction of sp³-hybridized carbons (Fsp3) is 0.0625. The van der Waals surface area contributed by atoms with E-state index in [4.69, 9.17) is 4.42 Å². The van der Waals surface area contributed by atoms with E-state index in [1.165, 1.54) is 11.8 Å². The van der Waals surface area contributed by atoms with Crippen LogP contribution in [0.5, 0.6) is 0 Å². The first-order valence-corrected chi connectivity index (χ1v) is 7.32. The molecule has 0 N–H and O–H groups in total. The van der Waals surface area contributed by atoms with Crippen LogP contribution < -0.4 is 5.63 Å². The Morgan fingerprint density at radius 3 is 2.45 bits per heavy atom. The van der Waals surface area contributed by atoms with Gasteiger partial charge in [-0.25, -0.2) is 4.79 Å². The molecule has 3 rings (SSSR count). The fourth-order valence-corrected chi connectivity index (χ4v) is 3.14. The van der Waals surface area contributed by atoms with E-state index in [0.717, 1.165) is 10.5 Å². The lowest BCUT2D eigenvalue weighted by Crippen LogP contribution is -2.08. The molecule has 1 heterocycles. The third-order valence-electron chi connectivity index (χ3n) is 3.17. The fourth-order valence-electron chi connectivity index (χ4n) is 2.10. The van der Waals surface area contributed by atoms with Crippen molar-refractivity contribution in [1.29, 1.82) is 0 Å². The van der Waals surface area contributed by atoms with Crippen LogP contribution in [0.3, 0.4) is 0 Å². The molecule has 0 atom stereocenters. The van der Waals surface area contributed by atoms with Gasteiger partial charge in [0.15, 0.2) is 0 Å². The van der Waals surface area contributed by atoms with Gasteiger partial charge in [-0.1, -0.05) is 41.6 Å². The summed E-state index contributed by atoms with van der Waals surface area (Å²) in [6, 6.07) is 14.4. The molecular formula is C16H11NO4S. The van der Waals surface area contributed by atoms with E-state index in [1.54, 1.807) is 24.3 Å². The van der Waals surface area contributed by atoms with Crippen LogP contribution in [-0.4, -0.2) is 4.92 Å². The first-order chi connectivity index (χ1) is 10.6. The molecular weight excluding hydrogens is 302 g/mol. The van der Waals surface area contributed by atoms with E-state index in [1.807, 2.05) is 31.2 Å². The number of hydrogen-bond donors (Lipinski definition) is 0. The van der Waals surface area contributed by atoms with Gasteiger partial charge in [0.2, 0.25) is 0 Å². The standard InChI is InChI=1S/C16H11NO4S/c1-10-6-8-11(9-7-10)22-15-12-4-2-3-5-13(12)21-16(18)14(15)17(19)20/h2-9H,1H3. The highest BCUT2D eigenvalue weighted by molar-refractivity contribution is 7.99. The van der Waals surface area contributed by atoms with Crippen molar-refractivity contribution in [3.05, 3.63) is 74.6 Å². The zero-order valence-corrected chi connectivity index (χ0v) is 12.4. The summed E-state index contributed by atoms with van der Waals surface area (Å²) in [4.78, 5) is 23.6. The number of para-hydroxylation sites is 1. The number of fused-ring (bicyclic) bond motifs is 1. The Hall–Kier alpha value is -2.60. The molecule has 3 aromatic rings. The lowest BCUT2D eigenvalue weighted by Gasteiger charge is -2.06. The molecule has 1 aromatic heterocycles. The maximum atomic E-state index is 11.9. The second-order valence-electron chi connectivity index (χ2n) is 4.74. The van der Waals surface area contributed by atoms with Gasteiger partial charge in [-0.15, -0.1) is 0 Å². The summed E-state index contributed by atoms with van der Waals surface area (Å²) in [6.45, 7) is 1.96. The summed E-state index contributed by atoms with van der Waals surface area (Å²) >= 11 is 1.19. The minimum Gasteiger partial charge on any atom is -0.418 e. The highest BCUT2D eigenvalue weighted by atomic mass is 32.2.